The van der Waals surface area contributed by atoms with E-state index in [1.165, 1.54) is 0 Å². The summed E-state index contributed by atoms with van der Waals surface area (Å²) in [6, 6.07) is 5.27. The molecular weight excluding hydrogens is 266 g/mol. The fraction of sp³-hybridized carbons (Fsp3) is 0.562. The SMILES string of the molecule is CCC(C)C(N)C(=O)Nc1cc(CN(C)C)ccc1OC. The van der Waals surface area contributed by atoms with Gasteiger partial charge in [-0.15, -0.1) is 0 Å². The zero-order valence-electron chi connectivity index (χ0n) is 13.6. The van der Waals surface area contributed by atoms with Gasteiger partial charge in [0.2, 0.25) is 5.91 Å². The lowest BCUT2D eigenvalue weighted by atomic mass is 9.99. The van der Waals surface area contributed by atoms with Crippen molar-refractivity contribution in [1.29, 1.82) is 0 Å². The molecule has 1 amide bonds. The third-order valence-corrected chi connectivity index (χ3v) is 3.58. The largest absolute Gasteiger partial charge is 0.495 e. The number of hydrogen-bond acceptors (Lipinski definition) is 4. The Kier molecular flexibility index (Phi) is 6.65. The third-order valence-electron chi connectivity index (χ3n) is 3.58. The highest BCUT2D eigenvalue weighted by Gasteiger charge is 2.20. The van der Waals surface area contributed by atoms with Gasteiger partial charge >= 0.3 is 0 Å². The van der Waals surface area contributed by atoms with Crippen LogP contribution in [0.25, 0.3) is 0 Å². The number of nitrogens with zero attached hydrogens (tertiary/aromatic N) is 1. The molecule has 0 saturated heterocycles. The summed E-state index contributed by atoms with van der Waals surface area (Å²) in [6.45, 7) is 4.80. The summed E-state index contributed by atoms with van der Waals surface area (Å²) in [5.74, 6) is 0.604. The fourth-order valence-electron chi connectivity index (χ4n) is 2.04. The van der Waals surface area contributed by atoms with Crippen LogP contribution < -0.4 is 15.8 Å². The van der Waals surface area contributed by atoms with Crippen molar-refractivity contribution < 1.29 is 9.53 Å². The summed E-state index contributed by atoms with van der Waals surface area (Å²) in [6.07, 6.45) is 0.867. The highest BCUT2D eigenvalue weighted by Crippen LogP contribution is 2.26. The van der Waals surface area contributed by atoms with Crippen LogP contribution in [-0.2, 0) is 11.3 Å². The third kappa shape index (κ3) is 5.02. The lowest BCUT2D eigenvalue weighted by molar-refractivity contribution is -0.118. The summed E-state index contributed by atoms with van der Waals surface area (Å²) in [5.41, 5.74) is 7.74. The van der Waals surface area contributed by atoms with Crippen molar-refractivity contribution in [3.05, 3.63) is 23.8 Å². The molecule has 0 heterocycles. The molecule has 2 atom stereocenters. The zero-order valence-corrected chi connectivity index (χ0v) is 13.6. The van der Waals surface area contributed by atoms with Gasteiger partial charge in [-0.3, -0.25) is 4.79 Å². The molecule has 0 saturated carbocycles. The molecule has 3 N–H and O–H groups in total. The van der Waals surface area contributed by atoms with Crippen LogP contribution in [-0.4, -0.2) is 38.1 Å². The maximum atomic E-state index is 12.2. The van der Waals surface area contributed by atoms with Crippen LogP contribution in [0, 0.1) is 5.92 Å². The van der Waals surface area contributed by atoms with Crippen LogP contribution in [0.1, 0.15) is 25.8 Å². The van der Waals surface area contributed by atoms with Crippen LogP contribution in [0.5, 0.6) is 5.75 Å². The van der Waals surface area contributed by atoms with E-state index in [0.717, 1.165) is 18.5 Å². The number of methoxy groups -OCH3 is 1. The Morgan fingerprint density at radius 3 is 2.62 bits per heavy atom. The van der Waals surface area contributed by atoms with Gasteiger partial charge in [-0.05, 0) is 37.7 Å². The fourth-order valence-corrected chi connectivity index (χ4v) is 2.04. The molecule has 0 aromatic heterocycles. The summed E-state index contributed by atoms with van der Waals surface area (Å²) in [5, 5.41) is 2.88. The molecule has 5 heteroatoms. The number of ether oxygens (including phenoxy) is 1. The summed E-state index contributed by atoms with van der Waals surface area (Å²) in [4.78, 5) is 14.3. The predicted octanol–water partition coefficient (Wildman–Crippen LogP) is 2.07. The smallest absolute Gasteiger partial charge is 0.241 e. The first kappa shape index (κ1) is 17.5. The van der Waals surface area contributed by atoms with E-state index >= 15 is 0 Å². The Morgan fingerprint density at radius 2 is 2.10 bits per heavy atom. The molecule has 0 aliphatic carbocycles. The summed E-state index contributed by atoms with van der Waals surface area (Å²) in [7, 11) is 5.59. The van der Waals surface area contributed by atoms with E-state index in [1.807, 2.05) is 46.1 Å². The normalized spacial score (nSPS) is 13.9. The van der Waals surface area contributed by atoms with Gasteiger partial charge in [0.05, 0.1) is 18.8 Å². The van der Waals surface area contributed by atoms with E-state index < -0.39 is 6.04 Å². The first-order chi connectivity index (χ1) is 9.88. The first-order valence-electron chi connectivity index (χ1n) is 7.27. The maximum Gasteiger partial charge on any atom is 0.241 e. The standard InChI is InChI=1S/C16H27N3O2/c1-6-11(2)15(17)16(20)18-13-9-12(10-19(3)4)7-8-14(13)21-5/h7-9,11,15H,6,10,17H2,1-5H3,(H,18,20). The zero-order chi connectivity index (χ0) is 16.0. The molecule has 0 spiro atoms. The molecule has 0 fully saturated rings. The van der Waals surface area contributed by atoms with Crippen molar-refractivity contribution in [2.45, 2.75) is 32.9 Å². The second-order valence-corrected chi connectivity index (χ2v) is 5.67. The van der Waals surface area contributed by atoms with Crippen molar-refractivity contribution in [2.24, 2.45) is 11.7 Å². The topological polar surface area (TPSA) is 67.6 Å². The number of anilines is 1. The van der Waals surface area contributed by atoms with Crippen molar-refractivity contribution in [1.82, 2.24) is 4.90 Å². The molecule has 1 rings (SSSR count). The van der Waals surface area contributed by atoms with E-state index in [2.05, 4.69) is 10.2 Å². The molecule has 1 aromatic rings. The van der Waals surface area contributed by atoms with Gasteiger partial charge < -0.3 is 20.7 Å². The van der Waals surface area contributed by atoms with E-state index in [0.29, 0.717) is 11.4 Å². The molecule has 0 aliphatic heterocycles. The van der Waals surface area contributed by atoms with Crippen LogP contribution in [0.4, 0.5) is 5.69 Å². The highest BCUT2D eigenvalue weighted by atomic mass is 16.5. The highest BCUT2D eigenvalue weighted by molar-refractivity contribution is 5.96. The summed E-state index contributed by atoms with van der Waals surface area (Å²) < 4.78 is 5.30. The molecule has 118 valence electrons. The monoisotopic (exact) mass is 293 g/mol. The first-order valence-corrected chi connectivity index (χ1v) is 7.27. The van der Waals surface area contributed by atoms with Crippen LogP contribution >= 0.6 is 0 Å². The van der Waals surface area contributed by atoms with Crippen molar-refractivity contribution in [3.63, 3.8) is 0 Å². The van der Waals surface area contributed by atoms with E-state index in [4.69, 9.17) is 10.5 Å². The molecule has 0 bridgehead atoms. The number of benzene rings is 1. The quantitative estimate of drug-likeness (QED) is 0.807. The van der Waals surface area contributed by atoms with Crippen molar-refractivity contribution >= 4 is 11.6 Å². The molecule has 0 radical (unpaired) electrons. The number of nitrogens with one attached hydrogen (secondary N) is 1. The molecule has 2 unspecified atom stereocenters. The van der Waals surface area contributed by atoms with Gasteiger partial charge in [-0.25, -0.2) is 0 Å². The van der Waals surface area contributed by atoms with Gasteiger partial charge in [0.1, 0.15) is 5.75 Å². The Labute approximate surface area is 127 Å². The Hall–Kier alpha value is -1.59. The van der Waals surface area contributed by atoms with Gasteiger partial charge in [0.25, 0.3) is 0 Å². The van der Waals surface area contributed by atoms with E-state index in [1.54, 1.807) is 7.11 Å². The lowest BCUT2D eigenvalue weighted by Crippen LogP contribution is -2.40. The molecule has 5 nitrogen and oxygen atoms in total. The number of rotatable bonds is 7. The van der Waals surface area contributed by atoms with Crippen molar-refractivity contribution in [2.75, 3.05) is 26.5 Å². The van der Waals surface area contributed by atoms with Gasteiger partial charge in [-0.1, -0.05) is 26.3 Å². The van der Waals surface area contributed by atoms with Crippen LogP contribution in [0.15, 0.2) is 18.2 Å². The maximum absolute atomic E-state index is 12.2. The average Bonchev–Trinajstić information content (AvgIpc) is 2.45. The summed E-state index contributed by atoms with van der Waals surface area (Å²) >= 11 is 0. The van der Waals surface area contributed by atoms with Crippen molar-refractivity contribution in [3.8, 4) is 5.75 Å². The number of hydrogen-bond donors (Lipinski definition) is 2. The number of nitrogens with two attached hydrogens (primary N) is 1. The minimum Gasteiger partial charge on any atom is -0.495 e. The number of carbonyl (C=O) groups is 1. The van der Waals surface area contributed by atoms with Gasteiger partial charge in [0, 0.05) is 6.54 Å². The Bertz CT molecular complexity index is 475. The second kappa shape index (κ2) is 8.00. The van der Waals surface area contributed by atoms with Gasteiger partial charge in [-0.2, -0.15) is 0 Å². The molecule has 0 aliphatic rings. The Morgan fingerprint density at radius 1 is 1.43 bits per heavy atom. The average molecular weight is 293 g/mol. The molecule has 1 aromatic carbocycles. The van der Waals surface area contributed by atoms with Gasteiger partial charge in [0.15, 0.2) is 0 Å². The number of carbonyl (C=O) groups excluding carboxylic acids is 1. The minimum absolute atomic E-state index is 0.140. The van der Waals surface area contributed by atoms with E-state index in [9.17, 15) is 4.79 Å². The molecular formula is C16H27N3O2. The number of amides is 1. The predicted molar refractivity (Wildman–Crippen MR) is 86.4 cm³/mol. The van der Waals surface area contributed by atoms with Crippen LogP contribution in [0.3, 0.4) is 0 Å². The Balaban J connectivity index is 2.91. The second-order valence-electron chi connectivity index (χ2n) is 5.67. The minimum atomic E-state index is -0.516. The molecule has 21 heavy (non-hydrogen) atoms. The van der Waals surface area contributed by atoms with Crippen LogP contribution in [0.2, 0.25) is 0 Å². The lowest BCUT2D eigenvalue weighted by Gasteiger charge is -2.19. The van der Waals surface area contributed by atoms with E-state index in [-0.39, 0.29) is 11.8 Å².